The molecule has 31 heavy (non-hydrogen) atoms. The van der Waals surface area contributed by atoms with E-state index in [0.717, 1.165) is 0 Å². The lowest BCUT2D eigenvalue weighted by molar-refractivity contribution is -0.140. The van der Waals surface area contributed by atoms with Crippen molar-refractivity contribution in [2.24, 2.45) is 16.7 Å². The van der Waals surface area contributed by atoms with Crippen molar-refractivity contribution in [2.45, 2.75) is 59.3 Å². The zero-order chi connectivity index (χ0) is 22.7. The highest BCUT2D eigenvalue weighted by Crippen LogP contribution is 2.54. The molecule has 1 atom stereocenters. The molecule has 6 nitrogen and oxygen atoms in total. The van der Waals surface area contributed by atoms with Crippen molar-refractivity contribution in [2.75, 3.05) is 14.2 Å². The standard InChI is InChI=1S/C25H30O6/c1-24(2)9-14(26)22(15(27)10-24)21-13-7-18(29-5)19(30-6)8-17(13)31-20-12-25(3,4)11-16(28)23(20)21/h7-8,21-22H,9-12H2,1-6H3/t21-/m0/s1. The van der Waals surface area contributed by atoms with Gasteiger partial charge < -0.3 is 14.2 Å². The van der Waals surface area contributed by atoms with Crippen LogP contribution in [0.25, 0.3) is 0 Å². The number of fused-ring (bicyclic) bond motifs is 1. The Kier molecular flexibility index (Phi) is 5.02. The zero-order valence-corrected chi connectivity index (χ0v) is 19.1. The number of carbonyl (C=O) groups is 3. The van der Waals surface area contributed by atoms with Gasteiger partial charge >= 0.3 is 0 Å². The summed E-state index contributed by atoms with van der Waals surface area (Å²) in [5.41, 5.74) is 0.490. The van der Waals surface area contributed by atoms with E-state index in [0.29, 0.717) is 59.8 Å². The molecule has 0 amide bonds. The number of ether oxygens (including phenoxy) is 3. The molecule has 2 aliphatic carbocycles. The molecule has 1 heterocycles. The molecule has 0 unspecified atom stereocenters. The number of rotatable bonds is 3. The molecule has 0 radical (unpaired) electrons. The number of methoxy groups -OCH3 is 2. The van der Waals surface area contributed by atoms with Crippen LogP contribution in [0.5, 0.6) is 17.2 Å². The molecule has 0 N–H and O–H groups in total. The van der Waals surface area contributed by atoms with E-state index >= 15 is 0 Å². The highest BCUT2D eigenvalue weighted by molar-refractivity contribution is 6.09. The van der Waals surface area contributed by atoms with E-state index in [1.165, 1.54) is 7.11 Å². The van der Waals surface area contributed by atoms with Gasteiger partial charge in [-0.2, -0.15) is 0 Å². The van der Waals surface area contributed by atoms with Crippen LogP contribution < -0.4 is 14.2 Å². The maximum absolute atomic E-state index is 13.3. The third-order valence-electron chi connectivity index (χ3n) is 6.61. The smallest absolute Gasteiger partial charge is 0.164 e. The number of Topliss-reactive ketones (excluding diaryl/α,β-unsaturated/α-hetero) is 3. The Morgan fingerprint density at radius 1 is 0.806 bits per heavy atom. The summed E-state index contributed by atoms with van der Waals surface area (Å²) in [5.74, 6) is 0.223. The normalized spacial score (nSPS) is 25.0. The molecule has 0 saturated heterocycles. The molecule has 1 aromatic carbocycles. The Bertz CT molecular complexity index is 993. The second-order valence-corrected chi connectivity index (χ2v) is 10.5. The summed E-state index contributed by atoms with van der Waals surface area (Å²) in [5, 5.41) is 0. The van der Waals surface area contributed by atoms with E-state index < -0.39 is 11.8 Å². The molecule has 1 saturated carbocycles. The van der Waals surface area contributed by atoms with E-state index in [4.69, 9.17) is 14.2 Å². The third-order valence-corrected chi connectivity index (χ3v) is 6.61. The van der Waals surface area contributed by atoms with Gasteiger partial charge in [0.1, 0.15) is 23.1 Å². The van der Waals surface area contributed by atoms with Crippen LogP contribution in [-0.4, -0.2) is 31.6 Å². The Balaban J connectivity index is 1.92. The fraction of sp³-hybridized carbons (Fsp3) is 0.560. The monoisotopic (exact) mass is 426 g/mol. The predicted molar refractivity (Wildman–Crippen MR) is 114 cm³/mol. The van der Waals surface area contributed by atoms with Gasteiger partial charge in [-0.05, 0) is 16.9 Å². The molecule has 6 heteroatoms. The van der Waals surface area contributed by atoms with Crippen LogP contribution in [0.3, 0.4) is 0 Å². The molecule has 0 bridgehead atoms. The minimum atomic E-state index is -0.885. The number of carbonyl (C=O) groups excluding carboxylic acids is 3. The van der Waals surface area contributed by atoms with Crippen molar-refractivity contribution in [3.05, 3.63) is 29.0 Å². The van der Waals surface area contributed by atoms with Crippen LogP contribution in [0.1, 0.15) is 64.9 Å². The zero-order valence-electron chi connectivity index (χ0n) is 19.1. The molecule has 0 spiro atoms. The lowest BCUT2D eigenvalue weighted by atomic mass is 9.62. The Morgan fingerprint density at radius 2 is 1.35 bits per heavy atom. The van der Waals surface area contributed by atoms with Gasteiger partial charge in [-0.1, -0.05) is 27.7 Å². The van der Waals surface area contributed by atoms with Gasteiger partial charge in [0.15, 0.2) is 17.3 Å². The van der Waals surface area contributed by atoms with Crippen LogP contribution in [0.4, 0.5) is 0 Å². The quantitative estimate of drug-likeness (QED) is 0.667. The molecular formula is C25H30O6. The number of benzene rings is 1. The van der Waals surface area contributed by atoms with Crippen LogP contribution >= 0.6 is 0 Å². The van der Waals surface area contributed by atoms with Crippen LogP contribution in [0.15, 0.2) is 23.5 Å². The number of hydrogen-bond donors (Lipinski definition) is 0. The van der Waals surface area contributed by atoms with Gasteiger partial charge in [0.2, 0.25) is 0 Å². The van der Waals surface area contributed by atoms with Crippen molar-refractivity contribution in [1.82, 2.24) is 0 Å². The van der Waals surface area contributed by atoms with Crippen molar-refractivity contribution in [3.8, 4) is 17.2 Å². The Morgan fingerprint density at radius 3 is 1.94 bits per heavy atom. The maximum atomic E-state index is 13.3. The summed E-state index contributed by atoms with van der Waals surface area (Å²) in [6.45, 7) is 7.92. The van der Waals surface area contributed by atoms with E-state index in [2.05, 4.69) is 0 Å². The molecule has 1 aromatic rings. The van der Waals surface area contributed by atoms with Gasteiger partial charge in [-0.15, -0.1) is 0 Å². The minimum absolute atomic E-state index is 0.0536. The molecule has 4 rings (SSSR count). The summed E-state index contributed by atoms with van der Waals surface area (Å²) < 4.78 is 17.1. The average Bonchev–Trinajstić information content (AvgIpc) is 2.63. The number of allylic oxidation sites excluding steroid dienone is 2. The van der Waals surface area contributed by atoms with E-state index in [1.54, 1.807) is 19.2 Å². The van der Waals surface area contributed by atoms with Crippen molar-refractivity contribution >= 4 is 17.3 Å². The largest absolute Gasteiger partial charge is 0.493 e. The van der Waals surface area contributed by atoms with Crippen LogP contribution in [-0.2, 0) is 14.4 Å². The molecule has 0 aromatic heterocycles. The molecule has 166 valence electrons. The fourth-order valence-electron chi connectivity index (χ4n) is 5.33. The van der Waals surface area contributed by atoms with Crippen LogP contribution in [0.2, 0.25) is 0 Å². The van der Waals surface area contributed by atoms with Crippen molar-refractivity contribution in [1.29, 1.82) is 0 Å². The second kappa shape index (κ2) is 7.21. The highest BCUT2D eigenvalue weighted by atomic mass is 16.5. The summed E-state index contributed by atoms with van der Waals surface area (Å²) in [7, 11) is 3.07. The van der Waals surface area contributed by atoms with Crippen molar-refractivity contribution in [3.63, 3.8) is 0 Å². The number of ketones is 3. The number of hydrogen-bond acceptors (Lipinski definition) is 6. The first-order valence-corrected chi connectivity index (χ1v) is 10.7. The minimum Gasteiger partial charge on any atom is -0.493 e. The van der Waals surface area contributed by atoms with Gasteiger partial charge in [-0.3, -0.25) is 14.4 Å². The first-order chi connectivity index (χ1) is 14.5. The fourth-order valence-corrected chi connectivity index (χ4v) is 5.33. The highest BCUT2D eigenvalue weighted by Gasteiger charge is 2.51. The summed E-state index contributed by atoms with van der Waals surface area (Å²) in [6, 6.07) is 3.47. The SMILES string of the molecule is COc1cc2c(cc1OC)[C@@H](C1C(=O)CC(C)(C)CC1=O)C1=C(CC(C)(C)CC1=O)O2. The van der Waals surface area contributed by atoms with E-state index in [-0.39, 0.29) is 28.2 Å². The molecule has 3 aliphatic rings. The third kappa shape index (κ3) is 3.66. The predicted octanol–water partition coefficient (Wildman–Crippen LogP) is 4.40. The summed E-state index contributed by atoms with van der Waals surface area (Å²) in [6.07, 6.45) is 1.55. The van der Waals surface area contributed by atoms with E-state index in [9.17, 15) is 14.4 Å². The van der Waals surface area contributed by atoms with Gasteiger partial charge in [-0.25, -0.2) is 0 Å². The first-order valence-electron chi connectivity index (χ1n) is 10.7. The summed E-state index contributed by atoms with van der Waals surface area (Å²) in [4.78, 5) is 39.8. The topological polar surface area (TPSA) is 78.9 Å². The van der Waals surface area contributed by atoms with Crippen LogP contribution in [0, 0.1) is 16.7 Å². The Labute approximate surface area is 182 Å². The average molecular weight is 427 g/mol. The first kappa shape index (κ1) is 21.6. The lowest BCUT2D eigenvalue weighted by Crippen LogP contribution is -2.44. The molecular weight excluding hydrogens is 396 g/mol. The van der Waals surface area contributed by atoms with Crippen molar-refractivity contribution < 1.29 is 28.6 Å². The van der Waals surface area contributed by atoms with Gasteiger partial charge in [0.25, 0.3) is 0 Å². The molecule has 1 fully saturated rings. The van der Waals surface area contributed by atoms with Gasteiger partial charge in [0.05, 0.1) is 20.1 Å². The maximum Gasteiger partial charge on any atom is 0.164 e. The van der Waals surface area contributed by atoms with E-state index in [1.807, 2.05) is 27.7 Å². The Hall–Kier alpha value is -2.63. The molecule has 1 aliphatic heterocycles. The van der Waals surface area contributed by atoms with Gasteiger partial charge in [0, 0.05) is 48.8 Å². The summed E-state index contributed by atoms with van der Waals surface area (Å²) >= 11 is 0. The lowest BCUT2D eigenvalue weighted by Gasteiger charge is -2.42. The second-order valence-electron chi connectivity index (χ2n) is 10.5.